The molecular formula is C20H15NO2. The molecule has 0 bridgehead atoms. The molecule has 23 heavy (non-hydrogen) atoms. The highest BCUT2D eigenvalue weighted by molar-refractivity contribution is 6.14. The van der Waals surface area contributed by atoms with Gasteiger partial charge in [-0.3, -0.25) is 4.79 Å². The van der Waals surface area contributed by atoms with Gasteiger partial charge in [0.05, 0.1) is 0 Å². The summed E-state index contributed by atoms with van der Waals surface area (Å²) in [7, 11) is 0. The lowest BCUT2D eigenvalue weighted by atomic mass is 9.98. The third-order valence-electron chi connectivity index (χ3n) is 3.28. The largest absolute Gasteiger partial charge is 0.480 e. The van der Waals surface area contributed by atoms with Crippen LogP contribution in [0.5, 0.6) is 5.75 Å². The van der Waals surface area contributed by atoms with Crippen LogP contribution in [0.2, 0.25) is 0 Å². The van der Waals surface area contributed by atoms with E-state index in [0.717, 1.165) is 5.56 Å². The summed E-state index contributed by atoms with van der Waals surface area (Å²) >= 11 is 0. The molecule has 0 N–H and O–H groups in total. The van der Waals surface area contributed by atoms with Crippen LogP contribution < -0.4 is 4.74 Å². The van der Waals surface area contributed by atoms with Crippen molar-refractivity contribution in [2.45, 2.75) is 6.92 Å². The molecule has 0 amide bonds. The van der Waals surface area contributed by atoms with E-state index in [2.05, 4.69) is 5.92 Å². The van der Waals surface area contributed by atoms with Crippen LogP contribution in [0.1, 0.15) is 21.5 Å². The second-order valence-corrected chi connectivity index (χ2v) is 4.84. The number of benzene rings is 2. The maximum Gasteiger partial charge on any atom is 0.203 e. The second-order valence-electron chi connectivity index (χ2n) is 4.84. The molecule has 0 aliphatic rings. The number of aryl methyl sites for hydroxylation is 1. The van der Waals surface area contributed by atoms with Crippen LogP contribution in [-0.4, -0.2) is 12.4 Å². The molecule has 0 heterocycles. The maximum atomic E-state index is 12.6. The van der Waals surface area contributed by atoms with Gasteiger partial charge in [-0.2, -0.15) is 5.26 Å². The van der Waals surface area contributed by atoms with E-state index in [9.17, 15) is 10.1 Å². The van der Waals surface area contributed by atoms with E-state index < -0.39 is 0 Å². The molecule has 112 valence electrons. The minimum atomic E-state index is -0.308. The van der Waals surface area contributed by atoms with Gasteiger partial charge < -0.3 is 4.74 Å². The number of carbonyl (C=O) groups excluding carboxylic acids is 1. The highest BCUT2D eigenvalue weighted by Gasteiger charge is 2.14. The molecule has 0 spiro atoms. The number of hydrogen-bond acceptors (Lipinski definition) is 3. The number of para-hydroxylation sites is 1. The van der Waals surface area contributed by atoms with Gasteiger partial charge in [-0.25, -0.2) is 0 Å². The highest BCUT2D eigenvalue weighted by atomic mass is 16.5. The number of hydrogen-bond donors (Lipinski definition) is 0. The molecule has 2 aromatic carbocycles. The van der Waals surface area contributed by atoms with E-state index >= 15 is 0 Å². The fraction of sp³-hybridized carbons (Fsp3) is 0.100. The summed E-state index contributed by atoms with van der Waals surface area (Å²) < 4.78 is 5.44. The Morgan fingerprint density at radius 3 is 2.61 bits per heavy atom. The average Bonchev–Trinajstić information content (AvgIpc) is 2.58. The first-order valence-electron chi connectivity index (χ1n) is 7.04. The van der Waals surface area contributed by atoms with Crippen molar-refractivity contribution in [2.24, 2.45) is 0 Å². The number of nitrogens with zero attached hydrogens (tertiary/aromatic N) is 1. The zero-order valence-corrected chi connectivity index (χ0v) is 12.7. The summed E-state index contributed by atoms with van der Waals surface area (Å²) in [6.45, 7) is 1.96. The number of carbonyl (C=O) groups is 1. The van der Waals surface area contributed by atoms with E-state index in [-0.39, 0.29) is 18.0 Å². The maximum absolute atomic E-state index is 12.6. The first-order chi connectivity index (χ1) is 11.2. The Bertz CT molecular complexity index is 835. The fourth-order valence-electron chi connectivity index (χ4n) is 2.13. The van der Waals surface area contributed by atoms with Crippen LogP contribution in [0.4, 0.5) is 0 Å². The predicted octanol–water partition coefficient (Wildman–Crippen LogP) is 3.80. The molecule has 3 heteroatoms. The summed E-state index contributed by atoms with van der Waals surface area (Å²) in [4.78, 5) is 12.6. The molecule has 0 aromatic heterocycles. The van der Waals surface area contributed by atoms with Crippen molar-refractivity contribution in [3.63, 3.8) is 0 Å². The summed E-state index contributed by atoms with van der Waals surface area (Å²) in [6, 6.07) is 16.3. The Kier molecular flexibility index (Phi) is 5.34. The molecule has 0 fully saturated rings. The second kappa shape index (κ2) is 7.64. The molecule has 0 radical (unpaired) electrons. The van der Waals surface area contributed by atoms with Crippen molar-refractivity contribution < 1.29 is 9.53 Å². The van der Waals surface area contributed by atoms with Gasteiger partial charge in [0.1, 0.15) is 24.0 Å². The summed E-state index contributed by atoms with van der Waals surface area (Å²) in [5.74, 6) is 2.62. The van der Waals surface area contributed by atoms with Crippen molar-refractivity contribution in [1.82, 2.24) is 0 Å². The van der Waals surface area contributed by atoms with Crippen LogP contribution in [0.3, 0.4) is 0 Å². The molecule has 0 saturated heterocycles. The number of Topliss-reactive ketones (excluding diaryl/α,β-unsaturated/α-hetero) is 1. The van der Waals surface area contributed by atoms with Crippen molar-refractivity contribution in [1.29, 1.82) is 5.26 Å². The Balaban J connectivity index is 2.41. The van der Waals surface area contributed by atoms with E-state index in [1.165, 1.54) is 6.08 Å². The SMILES string of the molecule is C#CCOc1ccccc1/C=C(\C#N)C(=O)c1ccccc1C. The first-order valence-corrected chi connectivity index (χ1v) is 7.04. The lowest BCUT2D eigenvalue weighted by Crippen LogP contribution is -2.04. The van der Waals surface area contributed by atoms with Gasteiger partial charge in [0.2, 0.25) is 5.78 Å². The predicted molar refractivity (Wildman–Crippen MR) is 89.9 cm³/mol. The third kappa shape index (κ3) is 3.87. The fourth-order valence-corrected chi connectivity index (χ4v) is 2.13. The monoisotopic (exact) mass is 301 g/mol. The smallest absolute Gasteiger partial charge is 0.203 e. The van der Waals surface area contributed by atoms with Crippen LogP contribution in [0, 0.1) is 30.6 Å². The lowest BCUT2D eigenvalue weighted by molar-refractivity contribution is 0.103. The molecule has 0 aliphatic carbocycles. The lowest BCUT2D eigenvalue weighted by Gasteiger charge is -2.07. The Labute approximate surface area is 135 Å². The van der Waals surface area contributed by atoms with Gasteiger partial charge in [0, 0.05) is 11.1 Å². The van der Waals surface area contributed by atoms with Gasteiger partial charge >= 0.3 is 0 Å². The van der Waals surface area contributed by atoms with E-state index in [4.69, 9.17) is 11.2 Å². The Hall–Kier alpha value is -3.30. The molecule has 0 atom stereocenters. The minimum Gasteiger partial charge on any atom is -0.480 e. The zero-order chi connectivity index (χ0) is 16.7. The van der Waals surface area contributed by atoms with Gasteiger partial charge in [-0.1, -0.05) is 48.4 Å². The Morgan fingerprint density at radius 1 is 1.22 bits per heavy atom. The van der Waals surface area contributed by atoms with Gasteiger partial charge in [0.15, 0.2) is 0 Å². The Morgan fingerprint density at radius 2 is 1.91 bits per heavy atom. The standard InChI is InChI=1S/C20H15NO2/c1-3-12-23-19-11-7-5-9-16(19)13-17(14-21)20(22)18-10-6-4-8-15(18)2/h1,4-11,13H,12H2,2H3/b17-13+. The molecule has 2 aromatic rings. The minimum absolute atomic E-state index is 0.0519. The van der Waals surface area contributed by atoms with Crippen molar-refractivity contribution in [3.05, 3.63) is 70.8 Å². The van der Waals surface area contributed by atoms with E-state index in [0.29, 0.717) is 16.9 Å². The van der Waals surface area contributed by atoms with Crippen molar-refractivity contribution in [3.8, 4) is 24.2 Å². The van der Waals surface area contributed by atoms with E-state index in [1.807, 2.05) is 31.2 Å². The quantitative estimate of drug-likeness (QED) is 0.365. The molecule has 2 rings (SSSR count). The van der Waals surface area contributed by atoms with E-state index in [1.54, 1.807) is 30.3 Å². The summed E-state index contributed by atoms with van der Waals surface area (Å²) in [5, 5.41) is 9.36. The zero-order valence-electron chi connectivity index (χ0n) is 12.7. The van der Waals surface area contributed by atoms with Gasteiger partial charge in [-0.05, 0) is 24.6 Å². The average molecular weight is 301 g/mol. The van der Waals surface area contributed by atoms with Gasteiger partial charge in [-0.15, -0.1) is 6.42 Å². The molecule has 3 nitrogen and oxygen atoms in total. The van der Waals surface area contributed by atoms with Crippen molar-refractivity contribution in [2.75, 3.05) is 6.61 Å². The van der Waals surface area contributed by atoms with Crippen LogP contribution in [0.25, 0.3) is 6.08 Å². The number of ketones is 1. The number of allylic oxidation sites excluding steroid dienone is 1. The first kappa shape index (κ1) is 16.1. The third-order valence-corrected chi connectivity index (χ3v) is 3.28. The van der Waals surface area contributed by atoms with Crippen molar-refractivity contribution >= 4 is 11.9 Å². The number of nitriles is 1. The van der Waals surface area contributed by atoms with Crippen LogP contribution in [0.15, 0.2) is 54.1 Å². The summed E-state index contributed by atoms with van der Waals surface area (Å²) in [6.07, 6.45) is 6.73. The molecule has 0 aliphatic heterocycles. The number of terminal acetylenes is 1. The number of ether oxygens (including phenoxy) is 1. The number of rotatable bonds is 5. The van der Waals surface area contributed by atoms with Crippen LogP contribution >= 0.6 is 0 Å². The molecular weight excluding hydrogens is 286 g/mol. The molecule has 0 unspecified atom stereocenters. The molecule has 0 saturated carbocycles. The highest BCUT2D eigenvalue weighted by Crippen LogP contribution is 2.22. The van der Waals surface area contributed by atoms with Crippen LogP contribution in [-0.2, 0) is 0 Å². The normalized spacial score (nSPS) is 10.5. The van der Waals surface area contributed by atoms with Gasteiger partial charge in [0.25, 0.3) is 0 Å². The summed E-state index contributed by atoms with van der Waals surface area (Å²) in [5.41, 5.74) is 2.04. The topological polar surface area (TPSA) is 50.1 Å².